The van der Waals surface area contributed by atoms with E-state index in [1.807, 2.05) is 20.8 Å². The van der Waals surface area contributed by atoms with E-state index in [4.69, 9.17) is 4.74 Å². The number of halogens is 1. The standard InChI is InChI=1S/C15H23FN2O2/c1-5-18(4)15(19)10-20-14-7-12(6-13(16)8-14)9-17-11(2)3/h6-8,11,17H,5,9-10H2,1-4H3. The van der Waals surface area contributed by atoms with E-state index in [2.05, 4.69) is 5.32 Å². The van der Waals surface area contributed by atoms with Gasteiger partial charge in [0.25, 0.3) is 5.91 Å². The number of likely N-dealkylation sites (N-methyl/N-ethyl adjacent to an activating group) is 1. The van der Waals surface area contributed by atoms with Gasteiger partial charge in [-0.1, -0.05) is 13.8 Å². The van der Waals surface area contributed by atoms with Gasteiger partial charge in [-0.2, -0.15) is 0 Å². The highest BCUT2D eigenvalue weighted by atomic mass is 19.1. The number of hydrogen-bond acceptors (Lipinski definition) is 3. The number of ether oxygens (including phenoxy) is 1. The van der Waals surface area contributed by atoms with Gasteiger partial charge in [-0.3, -0.25) is 4.79 Å². The lowest BCUT2D eigenvalue weighted by atomic mass is 10.2. The van der Waals surface area contributed by atoms with Crippen LogP contribution in [0.4, 0.5) is 4.39 Å². The summed E-state index contributed by atoms with van der Waals surface area (Å²) in [6, 6.07) is 4.82. The normalized spacial score (nSPS) is 10.7. The van der Waals surface area contributed by atoms with Crippen molar-refractivity contribution in [1.29, 1.82) is 0 Å². The largest absolute Gasteiger partial charge is 0.484 e. The van der Waals surface area contributed by atoms with Gasteiger partial charge in [0.2, 0.25) is 0 Å². The van der Waals surface area contributed by atoms with Gasteiger partial charge in [0.15, 0.2) is 6.61 Å². The molecule has 20 heavy (non-hydrogen) atoms. The molecular formula is C15H23FN2O2. The topological polar surface area (TPSA) is 41.6 Å². The van der Waals surface area contributed by atoms with Crippen LogP contribution in [-0.2, 0) is 11.3 Å². The molecule has 0 aliphatic carbocycles. The third-order valence-electron chi connectivity index (χ3n) is 2.91. The first kappa shape index (κ1) is 16.4. The van der Waals surface area contributed by atoms with Gasteiger partial charge >= 0.3 is 0 Å². The van der Waals surface area contributed by atoms with E-state index in [0.717, 1.165) is 5.56 Å². The summed E-state index contributed by atoms with van der Waals surface area (Å²) in [6.45, 7) is 7.04. The van der Waals surface area contributed by atoms with Crippen molar-refractivity contribution in [2.24, 2.45) is 0 Å². The number of nitrogens with one attached hydrogen (secondary N) is 1. The molecule has 0 spiro atoms. The molecule has 0 atom stereocenters. The predicted molar refractivity (Wildman–Crippen MR) is 77.2 cm³/mol. The number of hydrogen-bond donors (Lipinski definition) is 1. The van der Waals surface area contributed by atoms with Crippen molar-refractivity contribution in [3.8, 4) is 5.75 Å². The zero-order valence-corrected chi connectivity index (χ0v) is 12.6. The van der Waals surface area contributed by atoms with Gasteiger partial charge in [-0.25, -0.2) is 4.39 Å². The number of carbonyl (C=O) groups excluding carboxylic acids is 1. The van der Waals surface area contributed by atoms with Gasteiger partial charge in [0.1, 0.15) is 11.6 Å². The molecule has 0 aliphatic heterocycles. The molecule has 4 nitrogen and oxygen atoms in total. The fraction of sp³-hybridized carbons (Fsp3) is 0.533. The predicted octanol–water partition coefficient (Wildman–Crippen LogP) is 2.18. The lowest BCUT2D eigenvalue weighted by molar-refractivity contribution is -0.131. The van der Waals surface area contributed by atoms with E-state index in [0.29, 0.717) is 24.9 Å². The Labute approximate surface area is 119 Å². The van der Waals surface area contributed by atoms with Crippen LogP contribution in [0.15, 0.2) is 18.2 Å². The van der Waals surface area contributed by atoms with E-state index < -0.39 is 0 Å². The summed E-state index contributed by atoms with van der Waals surface area (Å²) >= 11 is 0. The van der Waals surface area contributed by atoms with Crippen molar-refractivity contribution in [2.75, 3.05) is 20.2 Å². The molecule has 5 heteroatoms. The van der Waals surface area contributed by atoms with Crippen molar-refractivity contribution in [3.63, 3.8) is 0 Å². The molecule has 0 saturated heterocycles. The van der Waals surface area contributed by atoms with Gasteiger partial charge in [0, 0.05) is 32.2 Å². The second-order valence-corrected chi connectivity index (χ2v) is 5.03. The molecule has 1 rings (SSSR count). The van der Waals surface area contributed by atoms with Crippen LogP contribution >= 0.6 is 0 Å². The monoisotopic (exact) mass is 282 g/mol. The second-order valence-electron chi connectivity index (χ2n) is 5.03. The molecule has 1 aromatic carbocycles. The summed E-state index contributed by atoms with van der Waals surface area (Å²) in [6.07, 6.45) is 0. The molecular weight excluding hydrogens is 259 g/mol. The van der Waals surface area contributed by atoms with E-state index in [1.165, 1.54) is 12.1 Å². The lowest BCUT2D eigenvalue weighted by Gasteiger charge is -2.15. The van der Waals surface area contributed by atoms with Crippen LogP contribution in [0.5, 0.6) is 5.75 Å². The van der Waals surface area contributed by atoms with E-state index in [-0.39, 0.29) is 18.3 Å². The minimum atomic E-state index is -0.362. The zero-order valence-electron chi connectivity index (χ0n) is 12.6. The van der Waals surface area contributed by atoms with E-state index >= 15 is 0 Å². The maximum Gasteiger partial charge on any atom is 0.260 e. The van der Waals surface area contributed by atoms with Crippen LogP contribution in [0.3, 0.4) is 0 Å². The summed E-state index contributed by atoms with van der Waals surface area (Å²) in [5.74, 6) is -0.110. The van der Waals surface area contributed by atoms with Crippen molar-refractivity contribution in [2.45, 2.75) is 33.4 Å². The Bertz CT molecular complexity index is 449. The first-order valence-electron chi connectivity index (χ1n) is 6.82. The number of benzene rings is 1. The van der Waals surface area contributed by atoms with Gasteiger partial charge in [-0.15, -0.1) is 0 Å². The molecule has 0 unspecified atom stereocenters. The molecule has 0 radical (unpaired) electrons. The zero-order chi connectivity index (χ0) is 15.1. The number of rotatable bonds is 7. The highest BCUT2D eigenvalue weighted by molar-refractivity contribution is 5.77. The second kappa shape index (κ2) is 7.85. The van der Waals surface area contributed by atoms with Crippen molar-refractivity contribution in [1.82, 2.24) is 10.2 Å². The Hall–Kier alpha value is -1.62. The summed E-state index contributed by atoms with van der Waals surface area (Å²) in [4.78, 5) is 13.2. The minimum absolute atomic E-state index is 0.0785. The van der Waals surface area contributed by atoms with Crippen LogP contribution in [0.1, 0.15) is 26.3 Å². The van der Waals surface area contributed by atoms with Crippen LogP contribution in [0.25, 0.3) is 0 Å². The van der Waals surface area contributed by atoms with Crippen LogP contribution < -0.4 is 10.1 Å². The Kier molecular flexibility index (Phi) is 6.45. The fourth-order valence-corrected chi connectivity index (χ4v) is 1.56. The van der Waals surface area contributed by atoms with Crippen molar-refractivity contribution < 1.29 is 13.9 Å². The number of carbonyl (C=O) groups is 1. The van der Waals surface area contributed by atoms with E-state index in [9.17, 15) is 9.18 Å². The number of nitrogens with zero attached hydrogens (tertiary/aromatic N) is 1. The Morgan fingerprint density at radius 2 is 2.10 bits per heavy atom. The molecule has 0 heterocycles. The molecule has 1 N–H and O–H groups in total. The molecule has 0 bridgehead atoms. The van der Waals surface area contributed by atoms with Crippen LogP contribution in [0, 0.1) is 5.82 Å². The maximum atomic E-state index is 13.5. The smallest absolute Gasteiger partial charge is 0.260 e. The van der Waals surface area contributed by atoms with Crippen molar-refractivity contribution in [3.05, 3.63) is 29.6 Å². The van der Waals surface area contributed by atoms with Crippen LogP contribution in [0.2, 0.25) is 0 Å². The number of amides is 1. The average molecular weight is 282 g/mol. The molecule has 1 amide bonds. The maximum absolute atomic E-state index is 13.5. The first-order chi connectivity index (χ1) is 9.42. The van der Waals surface area contributed by atoms with Crippen LogP contribution in [-0.4, -0.2) is 37.0 Å². The molecule has 1 aromatic rings. The summed E-state index contributed by atoms with van der Waals surface area (Å²) in [5.41, 5.74) is 0.796. The Morgan fingerprint density at radius 3 is 2.70 bits per heavy atom. The van der Waals surface area contributed by atoms with Gasteiger partial charge < -0.3 is 15.0 Å². The average Bonchev–Trinajstić information content (AvgIpc) is 2.41. The molecule has 0 aliphatic rings. The van der Waals surface area contributed by atoms with Gasteiger partial charge in [0.05, 0.1) is 0 Å². The first-order valence-corrected chi connectivity index (χ1v) is 6.82. The quantitative estimate of drug-likeness (QED) is 0.833. The summed E-state index contributed by atoms with van der Waals surface area (Å²) in [5, 5.41) is 3.21. The van der Waals surface area contributed by atoms with Gasteiger partial charge in [-0.05, 0) is 24.6 Å². The lowest BCUT2D eigenvalue weighted by Crippen LogP contribution is -2.31. The van der Waals surface area contributed by atoms with Crippen molar-refractivity contribution >= 4 is 5.91 Å². The molecule has 112 valence electrons. The third-order valence-corrected chi connectivity index (χ3v) is 2.91. The third kappa shape index (κ3) is 5.57. The fourth-order valence-electron chi connectivity index (χ4n) is 1.56. The summed E-state index contributed by atoms with van der Waals surface area (Å²) in [7, 11) is 1.70. The Morgan fingerprint density at radius 1 is 1.40 bits per heavy atom. The molecule has 0 saturated carbocycles. The molecule has 0 fully saturated rings. The van der Waals surface area contributed by atoms with E-state index in [1.54, 1.807) is 18.0 Å². The highest BCUT2D eigenvalue weighted by Crippen LogP contribution is 2.16. The highest BCUT2D eigenvalue weighted by Gasteiger charge is 2.09. The SMILES string of the molecule is CCN(C)C(=O)COc1cc(F)cc(CNC(C)C)c1. The Balaban J connectivity index is 2.63. The summed E-state index contributed by atoms with van der Waals surface area (Å²) < 4.78 is 18.9. The molecule has 0 aromatic heterocycles. The minimum Gasteiger partial charge on any atom is -0.484 e.